The smallest absolute Gasteiger partial charge is 0.262 e. The van der Waals surface area contributed by atoms with Crippen LogP contribution in [-0.2, 0) is 22.6 Å². The van der Waals surface area contributed by atoms with Gasteiger partial charge in [-0.25, -0.2) is 0 Å². The molecule has 0 unspecified atom stereocenters. The minimum atomic E-state index is -0.227. The standard InChI is InChI=1S/C31H33ClN2O2/c1-7-25-13-15-27(16-14-25)23(5)30(24(6)36-33-21(2)3)31(35)34(20-26-11-9-8-10-12-26)29-18-17-28(32)19-22(29)4/h8-19H,6-7,20H2,1-5H3/b30-23+. The molecule has 0 radical (unpaired) electrons. The Morgan fingerprint density at radius 1 is 0.972 bits per heavy atom. The van der Waals surface area contributed by atoms with E-state index in [0.717, 1.165) is 40.1 Å². The molecule has 0 spiro atoms. The summed E-state index contributed by atoms with van der Waals surface area (Å²) in [5.41, 5.74) is 6.66. The Morgan fingerprint density at radius 2 is 1.64 bits per heavy atom. The SMILES string of the molecule is C=C(ON=C(C)C)/C(C(=O)N(Cc1ccccc1)c1ccc(Cl)cc1C)=C(/C)c1ccc(CC)cc1. The lowest BCUT2D eigenvalue weighted by atomic mass is 9.97. The maximum absolute atomic E-state index is 14.4. The number of allylic oxidation sites excluding steroid dienone is 1. The first-order chi connectivity index (χ1) is 17.2. The van der Waals surface area contributed by atoms with Gasteiger partial charge in [0, 0.05) is 10.7 Å². The second-order valence-corrected chi connectivity index (χ2v) is 9.35. The van der Waals surface area contributed by atoms with E-state index in [1.165, 1.54) is 5.56 Å². The van der Waals surface area contributed by atoms with E-state index in [1.54, 1.807) is 11.0 Å². The molecule has 3 aromatic carbocycles. The predicted octanol–water partition coefficient (Wildman–Crippen LogP) is 8.14. The topological polar surface area (TPSA) is 41.9 Å². The largest absolute Gasteiger partial charge is 0.357 e. The Labute approximate surface area is 219 Å². The molecular weight excluding hydrogens is 468 g/mol. The van der Waals surface area contributed by atoms with Crippen LogP contribution in [0.15, 0.2) is 95.9 Å². The molecule has 0 bridgehead atoms. The molecule has 0 aliphatic heterocycles. The van der Waals surface area contributed by atoms with Gasteiger partial charge < -0.3 is 9.74 Å². The maximum atomic E-state index is 14.4. The van der Waals surface area contributed by atoms with Gasteiger partial charge in [0.1, 0.15) is 0 Å². The molecule has 0 aliphatic carbocycles. The second kappa shape index (κ2) is 12.4. The zero-order chi connectivity index (χ0) is 26.2. The zero-order valence-corrected chi connectivity index (χ0v) is 22.4. The molecule has 0 atom stereocenters. The average molecular weight is 501 g/mol. The summed E-state index contributed by atoms with van der Waals surface area (Å²) in [6.07, 6.45) is 0.940. The quantitative estimate of drug-likeness (QED) is 0.0977. The molecule has 3 aromatic rings. The van der Waals surface area contributed by atoms with Crippen LogP contribution in [0.2, 0.25) is 5.02 Å². The van der Waals surface area contributed by atoms with Crippen molar-refractivity contribution in [2.45, 2.75) is 47.6 Å². The maximum Gasteiger partial charge on any atom is 0.262 e. The molecule has 0 heterocycles. The molecule has 0 aliphatic rings. The summed E-state index contributed by atoms with van der Waals surface area (Å²) in [5, 5.41) is 4.69. The van der Waals surface area contributed by atoms with Crippen molar-refractivity contribution in [2.75, 3.05) is 4.90 Å². The van der Waals surface area contributed by atoms with Crippen LogP contribution in [0.4, 0.5) is 5.69 Å². The number of aryl methyl sites for hydroxylation is 2. The van der Waals surface area contributed by atoms with Crippen molar-refractivity contribution in [3.63, 3.8) is 0 Å². The van der Waals surface area contributed by atoms with Crippen molar-refractivity contribution < 1.29 is 9.63 Å². The third-order valence-electron chi connectivity index (χ3n) is 5.88. The van der Waals surface area contributed by atoms with E-state index in [-0.39, 0.29) is 11.7 Å². The number of carbonyl (C=O) groups excluding carboxylic acids is 1. The normalized spacial score (nSPS) is 11.4. The van der Waals surface area contributed by atoms with Crippen LogP contribution in [-0.4, -0.2) is 11.6 Å². The van der Waals surface area contributed by atoms with Gasteiger partial charge in [0.05, 0.1) is 17.8 Å². The number of halogens is 1. The van der Waals surface area contributed by atoms with Gasteiger partial charge in [0.25, 0.3) is 5.91 Å². The predicted molar refractivity (Wildman–Crippen MR) is 151 cm³/mol. The molecule has 36 heavy (non-hydrogen) atoms. The highest BCUT2D eigenvalue weighted by molar-refractivity contribution is 6.30. The van der Waals surface area contributed by atoms with Crippen molar-refractivity contribution in [3.05, 3.63) is 118 Å². The van der Waals surface area contributed by atoms with E-state index in [9.17, 15) is 4.79 Å². The van der Waals surface area contributed by atoms with E-state index < -0.39 is 0 Å². The third-order valence-corrected chi connectivity index (χ3v) is 6.11. The number of carbonyl (C=O) groups is 1. The minimum Gasteiger partial charge on any atom is -0.357 e. The lowest BCUT2D eigenvalue weighted by molar-refractivity contribution is -0.115. The van der Waals surface area contributed by atoms with Gasteiger partial charge in [-0.15, -0.1) is 0 Å². The van der Waals surface area contributed by atoms with Crippen molar-refractivity contribution in [2.24, 2.45) is 5.16 Å². The summed E-state index contributed by atoms with van der Waals surface area (Å²) in [7, 11) is 0. The van der Waals surface area contributed by atoms with E-state index in [0.29, 0.717) is 17.1 Å². The summed E-state index contributed by atoms with van der Waals surface area (Å²) < 4.78 is 0. The van der Waals surface area contributed by atoms with Crippen molar-refractivity contribution >= 4 is 34.5 Å². The van der Waals surface area contributed by atoms with E-state index in [1.807, 2.05) is 82.3 Å². The fourth-order valence-electron chi connectivity index (χ4n) is 3.90. The van der Waals surface area contributed by atoms with Crippen LogP contribution in [0.25, 0.3) is 5.57 Å². The number of nitrogens with zero attached hydrogens (tertiary/aromatic N) is 2. The first-order valence-corrected chi connectivity index (χ1v) is 12.4. The van der Waals surface area contributed by atoms with Gasteiger partial charge in [-0.05, 0) is 80.1 Å². The summed E-state index contributed by atoms with van der Waals surface area (Å²) in [6.45, 7) is 14.1. The monoisotopic (exact) mass is 500 g/mol. The van der Waals surface area contributed by atoms with Gasteiger partial charge >= 0.3 is 0 Å². The number of hydrogen-bond acceptors (Lipinski definition) is 3. The lowest BCUT2D eigenvalue weighted by Gasteiger charge is -2.27. The van der Waals surface area contributed by atoms with Crippen molar-refractivity contribution in [1.29, 1.82) is 0 Å². The fourth-order valence-corrected chi connectivity index (χ4v) is 4.13. The Kier molecular flexibility index (Phi) is 9.26. The van der Waals surface area contributed by atoms with Crippen LogP contribution >= 0.6 is 11.6 Å². The van der Waals surface area contributed by atoms with Gasteiger partial charge in [-0.3, -0.25) is 4.79 Å². The first-order valence-electron chi connectivity index (χ1n) is 12.0. The van der Waals surface area contributed by atoms with Gasteiger partial charge in [0.2, 0.25) is 0 Å². The highest BCUT2D eigenvalue weighted by Gasteiger charge is 2.27. The van der Waals surface area contributed by atoms with Crippen LogP contribution in [0.5, 0.6) is 0 Å². The Bertz CT molecular complexity index is 1290. The second-order valence-electron chi connectivity index (χ2n) is 8.91. The Hall–Kier alpha value is -3.63. The highest BCUT2D eigenvalue weighted by Crippen LogP contribution is 2.31. The molecule has 0 fully saturated rings. The molecule has 4 nitrogen and oxygen atoms in total. The fraction of sp³-hybridized carbons (Fsp3) is 0.226. The zero-order valence-electron chi connectivity index (χ0n) is 21.6. The van der Waals surface area contributed by atoms with E-state index in [2.05, 4.69) is 30.8 Å². The Balaban J connectivity index is 2.17. The van der Waals surface area contributed by atoms with Gasteiger partial charge in [-0.1, -0.05) is 84.9 Å². The molecule has 186 valence electrons. The van der Waals surface area contributed by atoms with Crippen molar-refractivity contribution in [1.82, 2.24) is 0 Å². The number of rotatable bonds is 9. The van der Waals surface area contributed by atoms with Crippen LogP contribution in [0.3, 0.4) is 0 Å². The first kappa shape index (κ1) is 27.0. The summed E-state index contributed by atoms with van der Waals surface area (Å²) in [4.78, 5) is 21.7. The molecule has 0 N–H and O–H groups in total. The summed E-state index contributed by atoms with van der Waals surface area (Å²) >= 11 is 6.24. The van der Waals surface area contributed by atoms with Crippen LogP contribution < -0.4 is 4.90 Å². The molecule has 1 amide bonds. The Morgan fingerprint density at radius 3 is 2.22 bits per heavy atom. The average Bonchev–Trinajstić information content (AvgIpc) is 2.87. The van der Waals surface area contributed by atoms with Gasteiger partial charge in [0.15, 0.2) is 5.76 Å². The number of amides is 1. The number of benzene rings is 3. The van der Waals surface area contributed by atoms with E-state index >= 15 is 0 Å². The number of oxime groups is 1. The number of hydrogen-bond donors (Lipinski definition) is 0. The highest BCUT2D eigenvalue weighted by atomic mass is 35.5. The van der Waals surface area contributed by atoms with E-state index in [4.69, 9.17) is 16.4 Å². The molecule has 5 heteroatoms. The van der Waals surface area contributed by atoms with Gasteiger partial charge in [-0.2, -0.15) is 0 Å². The van der Waals surface area contributed by atoms with Crippen LogP contribution in [0, 0.1) is 6.92 Å². The molecular formula is C31H33ClN2O2. The molecule has 3 rings (SSSR count). The van der Waals surface area contributed by atoms with Crippen LogP contribution in [0.1, 0.15) is 49.9 Å². The molecule has 0 aromatic heterocycles. The summed E-state index contributed by atoms with van der Waals surface area (Å²) in [5.74, 6) is -0.0294. The summed E-state index contributed by atoms with van der Waals surface area (Å²) in [6, 6.07) is 23.6. The number of anilines is 1. The van der Waals surface area contributed by atoms with Crippen molar-refractivity contribution in [3.8, 4) is 0 Å². The molecule has 0 saturated carbocycles. The molecule has 0 saturated heterocycles. The minimum absolute atomic E-state index is 0.197. The lowest BCUT2D eigenvalue weighted by Crippen LogP contribution is -2.33. The third kappa shape index (κ3) is 6.73.